The summed E-state index contributed by atoms with van der Waals surface area (Å²) in [5.41, 5.74) is 9.18. The molecule has 0 aliphatic carbocycles. The molecule has 0 radical (unpaired) electrons. The summed E-state index contributed by atoms with van der Waals surface area (Å²) in [5.74, 6) is 0.610. The van der Waals surface area contributed by atoms with E-state index in [1.54, 1.807) is 0 Å². The zero-order chi connectivity index (χ0) is 26.4. The van der Waals surface area contributed by atoms with E-state index >= 15 is 0 Å². The summed E-state index contributed by atoms with van der Waals surface area (Å²) in [4.78, 5) is 9.13. The Morgan fingerprint density at radius 3 is 2.44 bits per heavy atom. The van der Waals surface area contributed by atoms with Gasteiger partial charge in [-0.2, -0.15) is 4.57 Å². The van der Waals surface area contributed by atoms with E-state index in [1.807, 2.05) is 56.0 Å². The maximum absolute atomic E-state index is 7.87. The minimum absolute atomic E-state index is 0.141. The molecule has 6 nitrogen and oxygen atoms in total. The summed E-state index contributed by atoms with van der Waals surface area (Å²) < 4.78 is 36.0. The predicted octanol–water partition coefficient (Wildman–Crippen LogP) is 5.67. The van der Waals surface area contributed by atoms with E-state index in [1.165, 1.54) is 0 Å². The van der Waals surface area contributed by atoms with Crippen molar-refractivity contribution in [3.63, 3.8) is 0 Å². The van der Waals surface area contributed by atoms with Gasteiger partial charge in [0.15, 0.2) is 5.58 Å². The molecule has 0 fully saturated rings. The van der Waals surface area contributed by atoms with Gasteiger partial charge in [0.1, 0.15) is 12.7 Å². The van der Waals surface area contributed by atoms with Crippen LogP contribution in [-0.2, 0) is 14.1 Å². The Morgan fingerprint density at radius 2 is 1.68 bits per heavy atom. The molecule has 6 aromatic rings. The molecule has 0 N–H and O–H groups in total. The molecule has 6 rings (SSSR count). The molecule has 0 saturated carbocycles. The number of rotatable bonds is 2. The molecule has 34 heavy (non-hydrogen) atoms. The van der Waals surface area contributed by atoms with Gasteiger partial charge in [-0.1, -0.05) is 12.1 Å². The standard InChI is InChI=1S/C28H28N5O/c1-15-11-13-20-21-14-12-16(2)29-27(21)34-26(20)24(15)22-9-8-10-23(31(22)6)25-19(5)33-18(4)17(3)30-28(33)32(25)7/h8-14H,1-7H3/q+1/i3D3. The summed E-state index contributed by atoms with van der Waals surface area (Å²) in [5, 5.41) is 2.04. The molecule has 6 heteroatoms. The first-order chi connectivity index (χ1) is 17.5. The van der Waals surface area contributed by atoms with Crippen LogP contribution in [0.1, 0.15) is 32.5 Å². The third-order valence-electron chi connectivity index (χ3n) is 6.99. The molecule has 0 aliphatic heterocycles. The molecule has 0 bridgehead atoms. The number of fused-ring (bicyclic) bond motifs is 4. The fraction of sp³-hybridized carbons (Fsp3) is 0.250. The van der Waals surface area contributed by atoms with Crippen LogP contribution in [0.2, 0.25) is 0 Å². The Morgan fingerprint density at radius 1 is 0.912 bits per heavy atom. The van der Waals surface area contributed by atoms with E-state index in [9.17, 15) is 0 Å². The second-order valence-corrected chi connectivity index (χ2v) is 9.07. The predicted molar refractivity (Wildman–Crippen MR) is 135 cm³/mol. The van der Waals surface area contributed by atoms with Crippen LogP contribution in [0.25, 0.3) is 50.5 Å². The van der Waals surface area contributed by atoms with Gasteiger partial charge in [0.25, 0.3) is 0 Å². The van der Waals surface area contributed by atoms with E-state index in [-0.39, 0.29) is 5.69 Å². The first kappa shape index (κ1) is 17.5. The normalized spacial score (nSPS) is 13.6. The number of nitrogens with zero attached hydrogens (tertiary/aromatic N) is 5. The van der Waals surface area contributed by atoms with E-state index in [0.29, 0.717) is 17.2 Å². The highest BCUT2D eigenvalue weighted by Gasteiger charge is 2.27. The molecule has 5 aromatic heterocycles. The molecule has 0 unspecified atom stereocenters. The number of imidazole rings is 2. The molecule has 1 aromatic carbocycles. The number of aryl methyl sites for hydroxylation is 6. The van der Waals surface area contributed by atoms with Gasteiger partial charge < -0.3 is 8.98 Å². The summed E-state index contributed by atoms with van der Waals surface area (Å²) in [6, 6.07) is 14.5. The number of benzene rings is 1. The Kier molecular flexibility index (Phi) is 3.63. The molecule has 5 heterocycles. The average molecular weight is 454 g/mol. The van der Waals surface area contributed by atoms with Gasteiger partial charge in [-0.25, -0.2) is 9.97 Å². The van der Waals surface area contributed by atoms with Crippen molar-refractivity contribution < 1.29 is 13.1 Å². The van der Waals surface area contributed by atoms with Crippen molar-refractivity contribution in [1.29, 1.82) is 0 Å². The Bertz CT molecular complexity index is 1890. The summed E-state index contributed by atoms with van der Waals surface area (Å²) >= 11 is 0. The number of furan rings is 1. The summed E-state index contributed by atoms with van der Waals surface area (Å²) in [7, 11) is 3.98. The van der Waals surface area contributed by atoms with Gasteiger partial charge in [0.2, 0.25) is 22.9 Å². The van der Waals surface area contributed by atoms with Crippen LogP contribution in [0, 0.1) is 34.5 Å². The van der Waals surface area contributed by atoms with Crippen LogP contribution in [0.3, 0.4) is 0 Å². The van der Waals surface area contributed by atoms with Gasteiger partial charge >= 0.3 is 0 Å². The monoisotopic (exact) mass is 453 g/mol. The Labute approximate surface area is 202 Å². The highest BCUT2D eigenvalue weighted by atomic mass is 16.3. The van der Waals surface area contributed by atoms with Crippen molar-refractivity contribution in [2.75, 3.05) is 0 Å². The minimum atomic E-state index is -2.26. The van der Waals surface area contributed by atoms with E-state index in [4.69, 9.17) is 8.53 Å². The fourth-order valence-electron chi connectivity index (χ4n) is 5.22. The molecule has 0 aliphatic rings. The molecule has 0 atom stereocenters. The summed E-state index contributed by atoms with van der Waals surface area (Å²) in [6.07, 6.45) is 0. The maximum atomic E-state index is 7.87. The first-order valence-corrected chi connectivity index (χ1v) is 11.3. The quantitative estimate of drug-likeness (QED) is 0.318. The van der Waals surface area contributed by atoms with Crippen LogP contribution in [-0.4, -0.2) is 18.9 Å². The third-order valence-corrected chi connectivity index (χ3v) is 6.99. The second-order valence-electron chi connectivity index (χ2n) is 9.07. The lowest BCUT2D eigenvalue weighted by Gasteiger charge is -2.09. The van der Waals surface area contributed by atoms with Crippen LogP contribution in [0.5, 0.6) is 0 Å². The first-order valence-electron chi connectivity index (χ1n) is 12.8. The topological polar surface area (TPSA) is 52.1 Å². The van der Waals surface area contributed by atoms with Crippen LogP contribution in [0.4, 0.5) is 0 Å². The highest BCUT2D eigenvalue weighted by molar-refractivity contribution is 6.08. The van der Waals surface area contributed by atoms with E-state index in [2.05, 4.69) is 51.8 Å². The molecule has 0 saturated heterocycles. The smallest absolute Gasteiger partial charge is 0.231 e. The van der Waals surface area contributed by atoms with Gasteiger partial charge in [-0.3, -0.25) is 4.40 Å². The lowest BCUT2D eigenvalue weighted by atomic mass is 10.0. The highest BCUT2D eigenvalue weighted by Crippen LogP contribution is 2.37. The maximum Gasteiger partial charge on any atom is 0.231 e. The molecule has 0 spiro atoms. The van der Waals surface area contributed by atoms with Gasteiger partial charge in [-0.05, 0) is 58.3 Å². The SMILES string of the molecule is [2H]C([2H])([2H])c1nc2n(C)c(-c3cccc(-c4c(C)ccc5c4oc4nc(C)ccc45)[n+]3C)c(C)n2c1C. The zero-order valence-electron chi connectivity index (χ0n) is 23.2. The van der Waals surface area contributed by atoms with Crippen LogP contribution < -0.4 is 4.57 Å². The van der Waals surface area contributed by atoms with E-state index < -0.39 is 6.85 Å². The fourth-order valence-corrected chi connectivity index (χ4v) is 5.22. The lowest BCUT2D eigenvalue weighted by molar-refractivity contribution is -0.649. The minimum Gasteiger partial charge on any atom is -0.437 e. The van der Waals surface area contributed by atoms with Crippen molar-refractivity contribution in [3.05, 3.63) is 70.8 Å². The van der Waals surface area contributed by atoms with Crippen LogP contribution in [0.15, 0.2) is 46.9 Å². The number of hydrogen-bond acceptors (Lipinski definition) is 3. The zero-order valence-corrected chi connectivity index (χ0v) is 20.2. The van der Waals surface area contributed by atoms with Gasteiger partial charge in [0.05, 0.1) is 17.0 Å². The lowest BCUT2D eigenvalue weighted by Crippen LogP contribution is -2.34. The van der Waals surface area contributed by atoms with Crippen molar-refractivity contribution in [2.45, 2.75) is 34.5 Å². The number of hydrogen-bond donors (Lipinski definition) is 0. The van der Waals surface area contributed by atoms with Crippen molar-refractivity contribution in [3.8, 4) is 22.6 Å². The second kappa shape index (κ2) is 7.03. The number of aromatic nitrogens is 5. The van der Waals surface area contributed by atoms with Gasteiger partial charge in [-0.15, -0.1) is 0 Å². The van der Waals surface area contributed by atoms with Crippen molar-refractivity contribution in [1.82, 2.24) is 18.9 Å². The van der Waals surface area contributed by atoms with Crippen molar-refractivity contribution in [2.24, 2.45) is 14.1 Å². The Balaban J connectivity index is 1.61. The average Bonchev–Trinajstić information content (AvgIpc) is 3.44. The summed E-state index contributed by atoms with van der Waals surface area (Å²) in [6.45, 7) is 5.62. The molecule has 170 valence electrons. The van der Waals surface area contributed by atoms with E-state index in [0.717, 1.165) is 56.0 Å². The van der Waals surface area contributed by atoms with Crippen LogP contribution >= 0.6 is 0 Å². The molecular weight excluding hydrogens is 422 g/mol. The largest absolute Gasteiger partial charge is 0.437 e. The molecule has 0 amide bonds. The third kappa shape index (κ3) is 2.65. The van der Waals surface area contributed by atoms with Crippen molar-refractivity contribution >= 4 is 27.8 Å². The molecular formula is C28H28N5O+. The Hall–Kier alpha value is -3.93. The number of pyridine rings is 2. The van der Waals surface area contributed by atoms with Gasteiger partial charge in [0, 0.05) is 45.5 Å².